The van der Waals surface area contributed by atoms with Gasteiger partial charge in [0.2, 0.25) is 0 Å². The monoisotopic (exact) mass is 329 g/mol. The Morgan fingerprint density at radius 2 is 2.09 bits per heavy atom. The highest BCUT2D eigenvalue weighted by molar-refractivity contribution is 7.99. The van der Waals surface area contributed by atoms with Gasteiger partial charge in [0.15, 0.2) is 11.0 Å². The maximum atomic E-state index is 12.1. The van der Waals surface area contributed by atoms with Gasteiger partial charge in [-0.05, 0) is 13.0 Å². The van der Waals surface area contributed by atoms with Gasteiger partial charge in [-0.15, -0.1) is 16.8 Å². The SMILES string of the molecule is C=CCn1c(SCC(=O)C(C)(C)C)nnc1-c1cccc(C)c1. The summed E-state index contributed by atoms with van der Waals surface area (Å²) in [5, 5.41) is 9.34. The minimum Gasteiger partial charge on any atom is -0.298 e. The minimum absolute atomic E-state index is 0.202. The second-order valence-corrected chi connectivity index (χ2v) is 7.48. The number of rotatable bonds is 6. The number of Topliss-reactive ketones (excluding diaryl/α,β-unsaturated/α-hetero) is 1. The smallest absolute Gasteiger partial charge is 0.192 e. The molecule has 2 rings (SSSR count). The maximum absolute atomic E-state index is 12.1. The van der Waals surface area contributed by atoms with E-state index in [1.54, 1.807) is 0 Å². The number of aromatic nitrogens is 3. The number of hydrogen-bond donors (Lipinski definition) is 0. The van der Waals surface area contributed by atoms with E-state index in [-0.39, 0.29) is 11.2 Å². The van der Waals surface area contributed by atoms with E-state index < -0.39 is 0 Å². The van der Waals surface area contributed by atoms with Gasteiger partial charge in [0, 0.05) is 17.5 Å². The molecule has 0 amide bonds. The predicted molar refractivity (Wildman–Crippen MR) is 95.6 cm³/mol. The lowest BCUT2D eigenvalue weighted by Gasteiger charge is -2.16. The number of nitrogens with zero attached hydrogens (tertiary/aromatic N) is 3. The molecule has 0 aliphatic heterocycles. The van der Waals surface area contributed by atoms with E-state index in [2.05, 4.69) is 35.8 Å². The third-order valence-electron chi connectivity index (χ3n) is 3.47. The quantitative estimate of drug-likeness (QED) is 0.590. The molecule has 0 saturated heterocycles. The average Bonchev–Trinajstić information content (AvgIpc) is 2.87. The first kappa shape index (κ1) is 17.5. The van der Waals surface area contributed by atoms with Crippen LogP contribution >= 0.6 is 11.8 Å². The Kier molecular flexibility index (Phi) is 5.42. The summed E-state index contributed by atoms with van der Waals surface area (Å²) in [7, 11) is 0. The Morgan fingerprint density at radius 1 is 1.35 bits per heavy atom. The molecule has 0 aliphatic carbocycles. The number of thioether (sulfide) groups is 1. The fourth-order valence-corrected chi connectivity index (χ4v) is 3.14. The van der Waals surface area contributed by atoms with Crippen molar-refractivity contribution in [2.24, 2.45) is 5.41 Å². The molecule has 0 aliphatic rings. The summed E-state index contributed by atoms with van der Waals surface area (Å²) in [4.78, 5) is 12.1. The molecule has 1 heterocycles. The lowest BCUT2D eigenvalue weighted by molar-refractivity contribution is -0.123. The molecule has 0 bridgehead atoms. The summed E-state index contributed by atoms with van der Waals surface area (Å²) in [6.07, 6.45) is 1.82. The van der Waals surface area contributed by atoms with Gasteiger partial charge < -0.3 is 0 Å². The molecule has 122 valence electrons. The van der Waals surface area contributed by atoms with Crippen LogP contribution in [0.5, 0.6) is 0 Å². The molecular formula is C18H23N3OS. The zero-order valence-electron chi connectivity index (χ0n) is 14.2. The van der Waals surface area contributed by atoms with Crippen LogP contribution in [0.4, 0.5) is 0 Å². The topological polar surface area (TPSA) is 47.8 Å². The van der Waals surface area contributed by atoms with Gasteiger partial charge in [-0.3, -0.25) is 9.36 Å². The molecule has 1 aromatic carbocycles. The highest BCUT2D eigenvalue weighted by Crippen LogP contribution is 2.26. The number of carbonyl (C=O) groups excluding carboxylic acids is 1. The molecule has 1 aromatic heterocycles. The molecule has 23 heavy (non-hydrogen) atoms. The van der Waals surface area contributed by atoms with Crippen LogP contribution in [0.15, 0.2) is 42.1 Å². The Bertz CT molecular complexity index is 713. The summed E-state index contributed by atoms with van der Waals surface area (Å²) in [6.45, 7) is 12.3. The van der Waals surface area contributed by atoms with Gasteiger partial charge in [-0.25, -0.2) is 0 Å². The molecule has 0 fully saturated rings. The van der Waals surface area contributed by atoms with Crippen molar-refractivity contribution in [3.8, 4) is 11.4 Å². The van der Waals surface area contributed by atoms with Crippen LogP contribution in [0.25, 0.3) is 11.4 Å². The first-order chi connectivity index (χ1) is 10.8. The normalized spacial score (nSPS) is 11.5. The Hall–Kier alpha value is -1.88. The fourth-order valence-electron chi connectivity index (χ4n) is 2.03. The summed E-state index contributed by atoms with van der Waals surface area (Å²) < 4.78 is 2.00. The van der Waals surface area contributed by atoms with Gasteiger partial charge >= 0.3 is 0 Å². The highest BCUT2D eigenvalue weighted by Gasteiger charge is 2.22. The molecule has 2 aromatic rings. The maximum Gasteiger partial charge on any atom is 0.192 e. The van der Waals surface area contributed by atoms with E-state index >= 15 is 0 Å². The van der Waals surface area contributed by atoms with Crippen molar-refractivity contribution in [1.82, 2.24) is 14.8 Å². The molecule has 0 atom stereocenters. The van der Waals surface area contributed by atoms with Crippen LogP contribution in [0.1, 0.15) is 26.3 Å². The lowest BCUT2D eigenvalue weighted by atomic mass is 9.92. The number of benzene rings is 1. The molecular weight excluding hydrogens is 306 g/mol. The van der Waals surface area contributed by atoms with Crippen molar-refractivity contribution in [3.05, 3.63) is 42.5 Å². The first-order valence-corrected chi connectivity index (χ1v) is 8.58. The zero-order chi connectivity index (χ0) is 17.0. The first-order valence-electron chi connectivity index (χ1n) is 7.60. The fraction of sp³-hybridized carbons (Fsp3) is 0.389. The molecule has 4 nitrogen and oxygen atoms in total. The predicted octanol–water partition coefficient (Wildman–Crippen LogP) is 4.15. The number of allylic oxidation sites excluding steroid dienone is 1. The minimum atomic E-state index is -0.338. The Morgan fingerprint density at radius 3 is 2.70 bits per heavy atom. The molecule has 0 N–H and O–H groups in total. The third-order valence-corrected chi connectivity index (χ3v) is 4.44. The molecule has 0 unspecified atom stereocenters. The summed E-state index contributed by atoms with van der Waals surface area (Å²) in [6, 6.07) is 8.16. The molecule has 5 heteroatoms. The van der Waals surface area contributed by atoms with Crippen LogP contribution in [0.2, 0.25) is 0 Å². The molecule has 0 saturated carbocycles. The van der Waals surface area contributed by atoms with E-state index in [0.717, 1.165) is 16.5 Å². The zero-order valence-corrected chi connectivity index (χ0v) is 15.0. The van der Waals surface area contributed by atoms with Crippen molar-refractivity contribution in [2.75, 3.05) is 5.75 Å². The van der Waals surface area contributed by atoms with Crippen LogP contribution in [0, 0.1) is 12.3 Å². The third kappa shape index (κ3) is 4.32. The van der Waals surface area contributed by atoms with Crippen molar-refractivity contribution >= 4 is 17.5 Å². The standard InChI is InChI=1S/C18H23N3OS/c1-6-10-21-16(14-9-7-8-13(2)11-14)19-20-17(21)23-12-15(22)18(3,4)5/h6-9,11H,1,10,12H2,2-5H3. The molecule has 0 radical (unpaired) electrons. The van der Waals surface area contributed by atoms with Crippen LogP contribution in [0.3, 0.4) is 0 Å². The van der Waals surface area contributed by atoms with E-state index in [1.165, 1.54) is 17.3 Å². The van der Waals surface area contributed by atoms with E-state index in [4.69, 9.17) is 0 Å². The van der Waals surface area contributed by atoms with Crippen LogP contribution in [-0.4, -0.2) is 26.3 Å². The van der Waals surface area contributed by atoms with E-state index in [0.29, 0.717) is 12.3 Å². The Balaban J connectivity index is 2.28. The van der Waals surface area contributed by atoms with Crippen molar-refractivity contribution in [3.63, 3.8) is 0 Å². The van der Waals surface area contributed by atoms with Gasteiger partial charge in [0.05, 0.1) is 5.75 Å². The number of ketones is 1. The van der Waals surface area contributed by atoms with Crippen molar-refractivity contribution in [1.29, 1.82) is 0 Å². The van der Waals surface area contributed by atoms with Gasteiger partial charge in [-0.1, -0.05) is 62.4 Å². The van der Waals surface area contributed by atoms with Gasteiger partial charge in [-0.2, -0.15) is 0 Å². The number of aryl methyl sites for hydroxylation is 1. The van der Waals surface area contributed by atoms with Crippen molar-refractivity contribution in [2.45, 2.75) is 39.4 Å². The highest BCUT2D eigenvalue weighted by atomic mass is 32.2. The molecule has 0 spiro atoms. The average molecular weight is 329 g/mol. The Labute approximate surface area is 142 Å². The van der Waals surface area contributed by atoms with Crippen LogP contribution in [-0.2, 0) is 11.3 Å². The van der Waals surface area contributed by atoms with E-state index in [1.807, 2.05) is 43.5 Å². The van der Waals surface area contributed by atoms with Crippen LogP contribution < -0.4 is 0 Å². The van der Waals surface area contributed by atoms with Gasteiger partial charge in [0.1, 0.15) is 5.78 Å². The summed E-state index contributed by atoms with van der Waals surface area (Å²) in [5.41, 5.74) is 1.86. The van der Waals surface area contributed by atoms with Crippen molar-refractivity contribution < 1.29 is 4.79 Å². The number of carbonyl (C=O) groups is 1. The second kappa shape index (κ2) is 7.13. The second-order valence-electron chi connectivity index (χ2n) is 6.54. The summed E-state index contributed by atoms with van der Waals surface area (Å²) in [5.74, 6) is 1.40. The summed E-state index contributed by atoms with van der Waals surface area (Å²) >= 11 is 1.43. The van der Waals surface area contributed by atoms with E-state index in [9.17, 15) is 4.79 Å². The number of hydrogen-bond acceptors (Lipinski definition) is 4. The largest absolute Gasteiger partial charge is 0.298 e. The van der Waals surface area contributed by atoms with Gasteiger partial charge in [0.25, 0.3) is 0 Å². The lowest BCUT2D eigenvalue weighted by Crippen LogP contribution is -2.22.